The Morgan fingerprint density at radius 3 is 2.58 bits per heavy atom. The van der Waals surface area contributed by atoms with Crippen molar-refractivity contribution < 1.29 is 28.9 Å². The van der Waals surface area contributed by atoms with Gasteiger partial charge < -0.3 is 24.6 Å². The monoisotopic (exact) mass is 511 g/mol. The van der Waals surface area contributed by atoms with Crippen LogP contribution in [0.4, 0.5) is 0 Å². The fourth-order valence-electron chi connectivity index (χ4n) is 4.84. The summed E-state index contributed by atoms with van der Waals surface area (Å²) in [5.74, 6) is -0.703. The lowest BCUT2D eigenvalue weighted by molar-refractivity contribution is -0.140. The van der Waals surface area contributed by atoms with Gasteiger partial charge in [-0.15, -0.1) is 0 Å². The number of hydrogen-bond acceptors (Lipinski definition) is 7. The van der Waals surface area contributed by atoms with E-state index in [0.717, 1.165) is 5.70 Å². The van der Waals surface area contributed by atoms with Gasteiger partial charge in [-0.1, -0.05) is 43.6 Å². The number of ketones is 1. The second kappa shape index (κ2) is 10.3. The van der Waals surface area contributed by atoms with Crippen molar-refractivity contribution in [3.05, 3.63) is 75.6 Å². The van der Waals surface area contributed by atoms with Crippen molar-refractivity contribution in [1.29, 1.82) is 0 Å². The van der Waals surface area contributed by atoms with Gasteiger partial charge >= 0.3 is 5.97 Å². The van der Waals surface area contributed by atoms with E-state index in [2.05, 4.69) is 5.32 Å². The summed E-state index contributed by atoms with van der Waals surface area (Å²) in [4.78, 5) is 26.8. The molecule has 1 aliphatic heterocycles. The number of rotatable bonds is 7. The Morgan fingerprint density at radius 2 is 1.89 bits per heavy atom. The van der Waals surface area contributed by atoms with Gasteiger partial charge in [0.1, 0.15) is 19.0 Å². The highest BCUT2D eigenvalue weighted by Crippen LogP contribution is 2.48. The molecular formula is C28H30ClNO6. The first kappa shape index (κ1) is 25.6. The van der Waals surface area contributed by atoms with Crippen LogP contribution in [0, 0.1) is 5.41 Å². The number of phenolic OH excluding ortho intramolecular Hbond substituents is 1. The van der Waals surface area contributed by atoms with Gasteiger partial charge in [-0.2, -0.15) is 0 Å². The number of carbonyl (C=O) groups excluding carboxylic acids is 2. The highest BCUT2D eigenvalue weighted by molar-refractivity contribution is 6.32. The summed E-state index contributed by atoms with van der Waals surface area (Å²) < 4.78 is 16.5. The van der Waals surface area contributed by atoms with Gasteiger partial charge in [0, 0.05) is 29.3 Å². The van der Waals surface area contributed by atoms with Crippen molar-refractivity contribution in [3.8, 4) is 17.2 Å². The number of aromatic hydroxyl groups is 1. The van der Waals surface area contributed by atoms with E-state index in [0.29, 0.717) is 41.0 Å². The summed E-state index contributed by atoms with van der Waals surface area (Å²) in [6.07, 6.45) is 0.997. The fourth-order valence-corrected chi connectivity index (χ4v) is 5.06. The molecule has 2 aromatic carbocycles. The standard InChI is InChI=1S/C28H30ClNO6/c1-16-23(27(33)36-11-10-35-18-8-6-5-7-9-18)24(17-12-19(29)26(32)22(13-17)34-4)25-20(30-16)14-28(2,3)15-21(25)31/h5-9,12-13,24,30,32H,10-11,14-15H2,1-4H3/t24-/m1/s1. The lowest BCUT2D eigenvalue weighted by Gasteiger charge is -2.39. The molecule has 0 saturated heterocycles. The van der Waals surface area contributed by atoms with Crippen LogP contribution < -0.4 is 14.8 Å². The molecule has 2 N–H and O–H groups in total. The smallest absolute Gasteiger partial charge is 0.336 e. The van der Waals surface area contributed by atoms with Crippen molar-refractivity contribution in [2.75, 3.05) is 20.3 Å². The van der Waals surface area contributed by atoms with Crippen molar-refractivity contribution in [2.45, 2.75) is 39.5 Å². The maximum Gasteiger partial charge on any atom is 0.336 e. The van der Waals surface area contributed by atoms with E-state index >= 15 is 0 Å². The van der Waals surface area contributed by atoms with Gasteiger partial charge in [0.05, 0.1) is 17.7 Å². The highest BCUT2D eigenvalue weighted by atomic mass is 35.5. The van der Waals surface area contributed by atoms with Crippen LogP contribution in [0.2, 0.25) is 5.02 Å². The van der Waals surface area contributed by atoms with Crippen molar-refractivity contribution in [2.24, 2.45) is 5.41 Å². The molecule has 0 saturated carbocycles. The molecule has 1 atom stereocenters. The van der Waals surface area contributed by atoms with Crippen LogP contribution in [0.1, 0.15) is 45.1 Å². The van der Waals surface area contributed by atoms with Gasteiger partial charge in [-0.25, -0.2) is 4.79 Å². The lowest BCUT2D eigenvalue weighted by Crippen LogP contribution is -2.38. The molecular weight excluding hydrogens is 482 g/mol. The number of esters is 1. The Kier molecular flexibility index (Phi) is 7.31. The second-order valence-corrected chi connectivity index (χ2v) is 10.2. The van der Waals surface area contributed by atoms with Crippen LogP contribution >= 0.6 is 11.6 Å². The molecule has 0 amide bonds. The highest BCUT2D eigenvalue weighted by Gasteiger charge is 2.43. The minimum atomic E-state index is -0.723. The van der Waals surface area contributed by atoms with Gasteiger partial charge in [-0.05, 0) is 48.6 Å². The van der Waals surface area contributed by atoms with E-state index in [-0.39, 0.29) is 40.9 Å². The molecule has 0 unspecified atom stereocenters. The second-order valence-electron chi connectivity index (χ2n) is 9.78. The molecule has 0 aromatic heterocycles. The van der Waals surface area contributed by atoms with E-state index in [1.54, 1.807) is 19.1 Å². The molecule has 0 bridgehead atoms. The topological polar surface area (TPSA) is 94.1 Å². The van der Waals surface area contributed by atoms with E-state index in [9.17, 15) is 14.7 Å². The zero-order valence-electron chi connectivity index (χ0n) is 20.8. The first-order valence-electron chi connectivity index (χ1n) is 11.8. The molecule has 1 aliphatic carbocycles. The summed E-state index contributed by atoms with van der Waals surface area (Å²) in [7, 11) is 1.42. The van der Waals surface area contributed by atoms with Crippen LogP contribution in [0.3, 0.4) is 0 Å². The number of benzene rings is 2. The number of dihydropyridines is 1. The number of Topliss-reactive ketones (excluding diaryl/α,β-unsaturated/α-hetero) is 1. The molecule has 7 nitrogen and oxygen atoms in total. The third-order valence-electron chi connectivity index (χ3n) is 6.39. The van der Waals surface area contributed by atoms with Crippen molar-refractivity contribution in [3.63, 3.8) is 0 Å². The van der Waals surface area contributed by atoms with Gasteiger partial charge in [-0.3, -0.25) is 4.79 Å². The molecule has 1 heterocycles. The Bertz CT molecular complexity index is 1250. The number of methoxy groups -OCH3 is 1. The average molecular weight is 512 g/mol. The quantitative estimate of drug-likeness (QED) is 0.386. The van der Waals surface area contributed by atoms with Crippen molar-refractivity contribution >= 4 is 23.4 Å². The third-order valence-corrected chi connectivity index (χ3v) is 6.68. The first-order chi connectivity index (χ1) is 17.1. The van der Waals surface area contributed by atoms with E-state index in [4.69, 9.17) is 25.8 Å². The van der Waals surface area contributed by atoms with Gasteiger partial charge in [0.25, 0.3) is 0 Å². The Labute approximate surface area is 215 Å². The Balaban J connectivity index is 1.67. The Morgan fingerprint density at radius 1 is 1.17 bits per heavy atom. The zero-order chi connectivity index (χ0) is 26.0. The molecule has 0 fully saturated rings. The molecule has 2 aliphatic rings. The minimum Gasteiger partial charge on any atom is -0.503 e. The average Bonchev–Trinajstić information content (AvgIpc) is 2.82. The predicted octanol–water partition coefficient (Wildman–Crippen LogP) is 5.28. The van der Waals surface area contributed by atoms with Crippen LogP contribution in [0.5, 0.6) is 17.2 Å². The molecule has 2 aromatic rings. The van der Waals surface area contributed by atoms with Crippen molar-refractivity contribution in [1.82, 2.24) is 5.32 Å². The van der Waals surface area contributed by atoms with E-state index in [1.165, 1.54) is 7.11 Å². The molecule has 0 spiro atoms. The summed E-state index contributed by atoms with van der Waals surface area (Å²) in [5.41, 5.74) is 2.54. The minimum absolute atomic E-state index is 0.0315. The molecule has 190 valence electrons. The van der Waals surface area contributed by atoms with E-state index < -0.39 is 11.9 Å². The SMILES string of the molecule is COc1cc([C@@H]2C(C(=O)OCCOc3ccccc3)=C(C)NC3=C2C(=O)CC(C)(C)C3)cc(Cl)c1O. The largest absolute Gasteiger partial charge is 0.503 e. The molecule has 36 heavy (non-hydrogen) atoms. The Hall–Kier alpha value is -3.45. The number of carbonyl (C=O) groups is 2. The number of nitrogens with one attached hydrogen (secondary N) is 1. The zero-order valence-corrected chi connectivity index (χ0v) is 21.6. The number of ether oxygens (including phenoxy) is 3. The number of hydrogen-bond donors (Lipinski definition) is 2. The molecule has 4 rings (SSSR count). The number of allylic oxidation sites excluding steroid dienone is 3. The summed E-state index contributed by atoms with van der Waals surface area (Å²) >= 11 is 6.30. The van der Waals surface area contributed by atoms with Crippen LogP contribution in [-0.2, 0) is 14.3 Å². The maximum atomic E-state index is 13.4. The summed E-state index contributed by atoms with van der Waals surface area (Å²) in [5, 5.41) is 13.6. The number of phenols is 1. The number of para-hydroxylation sites is 1. The predicted molar refractivity (Wildman–Crippen MR) is 136 cm³/mol. The van der Waals surface area contributed by atoms with Gasteiger partial charge in [0.15, 0.2) is 17.3 Å². The summed E-state index contributed by atoms with van der Waals surface area (Å²) in [6.45, 7) is 6.09. The summed E-state index contributed by atoms with van der Waals surface area (Å²) in [6, 6.07) is 12.4. The fraction of sp³-hybridized carbons (Fsp3) is 0.357. The van der Waals surface area contributed by atoms with E-state index in [1.807, 2.05) is 44.2 Å². The molecule has 0 radical (unpaired) electrons. The normalized spacial score (nSPS) is 18.9. The van der Waals surface area contributed by atoms with Gasteiger partial charge in [0.2, 0.25) is 0 Å². The maximum absolute atomic E-state index is 13.4. The van der Waals surface area contributed by atoms with Crippen LogP contribution in [0.25, 0.3) is 0 Å². The van der Waals surface area contributed by atoms with Crippen LogP contribution in [-0.4, -0.2) is 37.2 Å². The first-order valence-corrected chi connectivity index (χ1v) is 12.1. The third kappa shape index (κ3) is 5.21. The van der Waals surface area contributed by atoms with Crippen LogP contribution in [0.15, 0.2) is 65.0 Å². The number of halogens is 1. The molecule has 8 heteroatoms. The lowest BCUT2D eigenvalue weighted by atomic mass is 9.68.